The van der Waals surface area contributed by atoms with Crippen LogP contribution in [-0.2, 0) is 0 Å². The van der Waals surface area contributed by atoms with Gasteiger partial charge in [0.2, 0.25) is 0 Å². The number of hydrogen-bond donors (Lipinski definition) is 0. The molecule has 55 valence electrons. The van der Waals surface area contributed by atoms with Crippen molar-refractivity contribution in [1.82, 2.24) is 0 Å². The van der Waals surface area contributed by atoms with Gasteiger partial charge < -0.3 is 0 Å². The van der Waals surface area contributed by atoms with Gasteiger partial charge in [-0.25, -0.2) is 0 Å². The van der Waals surface area contributed by atoms with Crippen molar-refractivity contribution in [2.75, 3.05) is 4.43 Å². The molecule has 0 aliphatic heterocycles. The summed E-state index contributed by atoms with van der Waals surface area (Å²) in [5.74, 6) is 0. The van der Waals surface area contributed by atoms with Crippen LogP contribution in [0.15, 0.2) is 0 Å². The Kier molecular flexibility index (Phi) is 9.44. The summed E-state index contributed by atoms with van der Waals surface area (Å²) in [6.07, 6.45) is 9.26. The molecule has 0 spiro atoms. The summed E-state index contributed by atoms with van der Waals surface area (Å²) < 4.78 is 1.21. The summed E-state index contributed by atoms with van der Waals surface area (Å²) in [7, 11) is 0. The third-order valence-corrected chi connectivity index (χ3v) is 1.99. The highest BCUT2D eigenvalue weighted by Gasteiger charge is 1.86. The molecule has 0 aromatic carbocycles. The maximum atomic E-state index is 2.39. The van der Waals surface area contributed by atoms with E-state index in [0.717, 1.165) is 0 Å². The molecule has 0 nitrogen and oxygen atoms in total. The van der Waals surface area contributed by atoms with Crippen molar-refractivity contribution >= 4 is 22.6 Å². The smallest absolute Gasteiger partial charge is 0.00266 e. The van der Waals surface area contributed by atoms with E-state index in [9.17, 15) is 0 Å². The van der Waals surface area contributed by atoms with Gasteiger partial charge in [0.05, 0.1) is 0 Å². The summed E-state index contributed by atoms with van der Waals surface area (Å²) in [4.78, 5) is 0. The lowest BCUT2D eigenvalue weighted by Gasteiger charge is -1.95. The van der Waals surface area contributed by atoms with E-state index in [0.29, 0.717) is 0 Å². The third-order valence-electron chi connectivity index (χ3n) is 1.37. The Hall–Kier alpha value is 0.730. The maximum Gasteiger partial charge on any atom is 0.00266 e. The van der Waals surface area contributed by atoms with Crippen LogP contribution in [0.1, 0.15) is 39.0 Å². The van der Waals surface area contributed by atoms with E-state index in [1.165, 1.54) is 36.5 Å². The van der Waals surface area contributed by atoms with Crippen molar-refractivity contribution in [3.63, 3.8) is 0 Å². The summed E-state index contributed by atoms with van der Waals surface area (Å²) >= 11 is 2.39. The normalized spacial score (nSPS) is 10.0. The zero-order valence-electron chi connectivity index (χ0n) is 6.20. The predicted octanol–water partition coefficient (Wildman–Crippen LogP) is 3.60. The van der Waals surface area contributed by atoms with E-state index >= 15 is 0 Å². The Labute approximate surface area is 72.6 Å². The van der Waals surface area contributed by atoms with Gasteiger partial charge in [0.1, 0.15) is 0 Å². The average Bonchev–Trinajstić information content (AvgIpc) is 1.89. The van der Waals surface area contributed by atoms with Gasteiger partial charge in [-0.2, -0.15) is 0 Å². The number of halogens is 1. The molecule has 0 aliphatic carbocycles. The monoisotopic (exact) mass is 239 g/mol. The fourth-order valence-electron chi connectivity index (χ4n) is 0.793. The van der Waals surface area contributed by atoms with Gasteiger partial charge in [0, 0.05) is 4.43 Å². The van der Waals surface area contributed by atoms with Crippen LogP contribution in [0.25, 0.3) is 0 Å². The zero-order valence-corrected chi connectivity index (χ0v) is 8.36. The lowest BCUT2D eigenvalue weighted by Crippen LogP contribution is -1.79. The van der Waals surface area contributed by atoms with Gasteiger partial charge in [-0.1, -0.05) is 55.2 Å². The van der Waals surface area contributed by atoms with Crippen LogP contribution in [0.5, 0.6) is 0 Å². The number of unbranched alkanes of at least 4 members (excludes halogenated alkanes) is 5. The van der Waals surface area contributed by atoms with Crippen molar-refractivity contribution in [2.24, 2.45) is 0 Å². The SMILES string of the molecule is CCCCCC[CH]CI. The lowest BCUT2D eigenvalue weighted by atomic mass is 10.1. The molecule has 0 heterocycles. The molecule has 0 N–H and O–H groups in total. The summed E-state index contributed by atoms with van der Waals surface area (Å²) in [6.45, 7) is 2.25. The minimum atomic E-state index is 1.21. The Morgan fingerprint density at radius 2 is 2.00 bits per heavy atom. The van der Waals surface area contributed by atoms with Crippen molar-refractivity contribution in [2.45, 2.75) is 39.0 Å². The molecule has 0 amide bonds. The van der Waals surface area contributed by atoms with Crippen molar-refractivity contribution in [3.8, 4) is 0 Å². The molecule has 0 rings (SSSR count). The molecule has 0 saturated heterocycles. The van der Waals surface area contributed by atoms with Gasteiger partial charge in [0.25, 0.3) is 0 Å². The van der Waals surface area contributed by atoms with E-state index in [2.05, 4.69) is 35.9 Å². The van der Waals surface area contributed by atoms with Gasteiger partial charge in [0.15, 0.2) is 0 Å². The van der Waals surface area contributed by atoms with E-state index in [1.807, 2.05) is 0 Å². The molecule has 1 radical (unpaired) electrons. The largest absolute Gasteiger partial charge is 0.0861 e. The standard InChI is InChI=1S/C8H16I/c1-2-3-4-5-6-7-8-9/h7H,2-6,8H2,1H3. The first-order chi connectivity index (χ1) is 4.41. The quantitative estimate of drug-likeness (QED) is 0.377. The molecule has 1 heteroatoms. The number of rotatable bonds is 6. The topological polar surface area (TPSA) is 0 Å². The van der Waals surface area contributed by atoms with E-state index < -0.39 is 0 Å². The van der Waals surface area contributed by atoms with Gasteiger partial charge in [-0.05, 0) is 12.8 Å². The second-order valence-corrected chi connectivity index (χ2v) is 3.17. The molecule has 0 bridgehead atoms. The van der Waals surface area contributed by atoms with Gasteiger partial charge in [-0.3, -0.25) is 0 Å². The highest BCUT2D eigenvalue weighted by atomic mass is 127. The number of hydrogen-bond acceptors (Lipinski definition) is 0. The Morgan fingerprint density at radius 1 is 1.22 bits per heavy atom. The fourth-order valence-corrected chi connectivity index (χ4v) is 1.23. The Balaban J connectivity index is 2.60. The average molecular weight is 239 g/mol. The van der Waals surface area contributed by atoms with E-state index in [1.54, 1.807) is 0 Å². The molecule has 0 aliphatic rings. The Bertz CT molecular complexity index is 37.8. The molecule has 0 saturated carbocycles. The van der Waals surface area contributed by atoms with Crippen molar-refractivity contribution < 1.29 is 0 Å². The summed E-state index contributed by atoms with van der Waals surface area (Å²) in [5.41, 5.74) is 0. The molecule has 0 atom stereocenters. The summed E-state index contributed by atoms with van der Waals surface area (Å²) in [6, 6.07) is 0. The zero-order chi connectivity index (χ0) is 6.95. The molecule has 0 unspecified atom stereocenters. The number of alkyl halides is 1. The molecule has 0 fully saturated rings. The van der Waals surface area contributed by atoms with Crippen molar-refractivity contribution in [1.29, 1.82) is 0 Å². The van der Waals surface area contributed by atoms with Crippen LogP contribution in [0, 0.1) is 6.42 Å². The van der Waals surface area contributed by atoms with Crippen LogP contribution in [0.4, 0.5) is 0 Å². The lowest BCUT2D eigenvalue weighted by molar-refractivity contribution is 0.664. The van der Waals surface area contributed by atoms with E-state index in [4.69, 9.17) is 0 Å². The first-order valence-corrected chi connectivity index (χ1v) is 5.32. The predicted molar refractivity (Wildman–Crippen MR) is 51.9 cm³/mol. The Morgan fingerprint density at radius 3 is 2.56 bits per heavy atom. The van der Waals surface area contributed by atoms with Gasteiger partial charge >= 0.3 is 0 Å². The first-order valence-electron chi connectivity index (χ1n) is 3.79. The summed E-state index contributed by atoms with van der Waals surface area (Å²) in [5, 5.41) is 0. The molecule has 9 heavy (non-hydrogen) atoms. The molecule has 0 aromatic rings. The molecule has 0 aromatic heterocycles. The fraction of sp³-hybridized carbons (Fsp3) is 0.875. The van der Waals surface area contributed by atoms with Gasteiger partial charge in [-0.15, -0.1) is 0 Å². The first kappa shape index (κ1) is 9.73. The van der Waals surface area contributed by atoms with Crippen LogP contribution < -0.4 is 0 Å². The van der Waals surface area contributed by atoms with Crippen LogP contribution in [0.3, 0.4) is 0 Å². The molecular formula is C8H16I. The highest BCUT2D eigenvalue weighted by molar-refractivity contribution is 14.1. The second kappa shape index (κ2) is 8.73. The minimum Gasteiger partial charge on any atom is -0.0861 e. The molecular weight excluding hydrogens is 223 g/mol. The second-order valence-electron chi connectivity index (χ2n) is 2.29. The van der Waals surface area contributed by atoms with Crippen LogP contribution in [-0.4, -0.2) is 4.43 Å². The highest BCUT2D eigenvalue weighted by Crippen LogP contribution is 2.04. The maximum absolute atomic E-state index is 2.39. The third kappa shape index (κ3) is 8.73. The van der Waals surface area contributed by atoms with E-state index in [-0.39, 0.29) is 0 Å². The minimum absolute atomic E-state index is 1.21. The van der Waals surface area contributed by atoms with Crippen LogP contribution in [0.2, 0.25) is 0 Å². The van der Waals surface area contributed by atoms with Crippen LogP contribution >= 0.6 is 22.6 Å². The van der Waals surface area contributed by atoms with Crippen molar-refractivity contribution in [3.05, 3.63) is 6.42 Å².